The summed E-state index contributed by atoms with van der Waals surface area (Å²) in [6.45, 7) is 1.25. The number of hydrogen-bond donors (Lipinski definition) is 0. The molecule has 0 aliphatic carbocycles. The quantitative estimate of drug-likeness (QED) is 0.782. The molecule has 142 valence electrons. The molecule has 2 aromatic carbocycles. The Morgan fingerprint density at radius 3 is 2.59 bits per heavy atom. The van der Waals surface area contributed by atoms with Crippen LogP contribution >= 0.6 is 0 Å². The standard InChI is InChI=1S/C21H23FN2O3/c1-23(14-15-27-19-7-3-2-6-18(19)22)21(26)16-9-11-17(12-10-16)24-13-5-4-8-20(24)25/h2-3,6-7,9-12H,4-5,8,13-15H2,1H3. The largest absolute Gasteiger partial charge is 0.489 e. The lowest BCUT2D eigenvalue weighted by molar-refractivity contribution is -0.119. The van der Waals surface area contributed by atoms with Gasteiger partial charge < -0.3 is 14.5 Å². The predicted octanol–water partition coefficient (Wildman–Crippen LogP) is 3.49. The van der Waals surface area contributed by atoms with Crippen LogP contribution < -0.4 is 9.64 Å². The number of hydrogen-bond acceptors (Lipinski definition) is 3. The highest BCUT2D eigenvalue weighted by Gasteiger charge is 2.20. The zero-order chi connectivity index (χ0) is 19.2. The van der Waals surface area contributed by atoms with Crippen LogP contribution in [0.15, 0.2) is 48.5 Å². The van der Waals surface area contributed by atoms with Gasteiger partial charge in [-0.15, -0.1) is 0 Å². The first-order chi connectivity index (χ1) is 13.1. The van der Waals surface area contributed by atoms with Crippen molar-refractivity contribution in [2.75, 3.05) is 31.6 Å². The second-order valence-corrected chi connectivity index (χ2v) is 6.55. The number of nitrogens with zero attached hydrogens (tertiary/aromatic N) is 2. The van der Waals surface area contributed by atoms with Gasteiger partial charge in [-0.25, -0.2) is 4.39 Å². The third kappa shape index (κ3) is 4.64. The van der Waals surface area contributed by atoms with E-state index in [0.717, 1.165) is 25.1 Å². The molecule has 0 radical (unpaired) electrons. The maximum Gasteiger partial charge on any atom is 0.253 e. The molecule has 27 heavy (non-hydrogen) atoms. The van der Waals surface area contributed by atoms with Crippen molar-refractivity contribution in [2.24, 2.45) is 0 Å². The normalized spacial score (nSPS) is 14.1. The molecule has 0 aromatic heterocycles. The summed E-state index contributed by atoms with van der Waals surface area (Å²) in [5.41, 5.74) is 1.36. The number of likely N-dealkylation sites (N-methyl/N-ethyl adjacent to an activating group) is 1. The second-order valence-electron chi connectivity index (χ2n) is 6.55. The van der Waals surface area contributed by atoms with Gasteiger partial charge in [0.2, 0.25) is 5.91 Å². The molecular weight excluding hydrogens is 347 g/mol. The highest BCUT2D eigenvalue weighted by atomic mass is 19.1. The predicted molar refractivity (Wildman–Crippen MR) is 102 cm³/mol. The number of anilines is 1. The minimum atomic E-state index is -0.422. The molecule has 1 heterocycles. The molecule has 2 amide bonds. The summed E-state index contributed by atoms with van der Waals surface area (Å²) in [6, 6.07) is 13.2. The number of benzene rings is 2. The Labute approximate surface area is 158 Å². The van der Waals surface area contributed by atoms with Crippen molar-refractivity contribution in [1.29, 1.82) is 0 Å². The summed E-state index contributed by atoms with van der Waals surface area (Å²) in [7, 11) is 1.68. The molecule has 0 atom stereocenters. The zero-order valence-electron chi connectivity index (χ0n) is 15.4. The molecule has 1 aliphatic rings. The Morgan fingerprint density at radius 1 is 1.15 bits per heavy atom. The summed E-state index contributed by atoms with van der Waals surface area (Å²) >= 11 is 0. The van der Waals surface area contributed by atoms with Gasteiger partial charge in [0.25, 0.3) is 5.91 Å². The van der Waals surface area contributed by atoms with Crippen LogP contribution in [0.1, 0.15) is 29.6 Å². The van der Waals surface area contributed by atoms with Gasteiger partial charge in [-0.3, -0.25) is 9.59 Å². The summed E-state index contributed by atoms with van der Waals surface area (Å²) in [5.74, 6) is -0.269. The molecule has 0 saturated carbocycles. The molecule has 0 N–H and O–H groups in total. The molecule has 1 fully saturated rings. The van der Waals surface area contributed by atoms with E-state index in [-0.39, 0.29) is 24.2 Å². The first kappa shape index (κ1) is 18.9. The summed E-state index contributed by atoms with van der Waals surface area (Å²) in [6.07, 6.45) is 2.51. The van der Waals surface area contributed by atoms with Crippen LogP contribution in [0.25, 0.3) is 0 Å². The van der Waals surface area contributed by atoms with Gasteiger partial charge in [0.15, 0.2) is 11.6 Å². The van der Waals surface area contributed by atoms with Crippen molar-refractivity contribution in [1.82, 2.24) is 4.90 Å². The second kappa shape index (κ2) is 8.66. The van der Waals surface area contributed by atoms with E-state index in [1.165, 1.54) is 11.0 Å². The van der Waals surface area contributed by atoms with Crippen LogP contribution in [0.2, 0.25) is 0 Å². The minimum absolute atomic E-state index is 0.128. The van der Waals surface area contributed by atoms with Gasteiger partial charge in [0.05, 0.1) is 6.54 Å². The van der Waals surface area contributed by atoms with E-state index in [1.807, 2.05) is 0 Å². The Balaban J connectivity index is 1.55. The fourth-order valence-electron chi connectivity index (χ4n) is 3.04. The monoisotopic (exact) mass is 370 g/mol. The van der Waals surface area contributed by atoms with E-state index in [1.54, 1.807) is 54.4 Å². The van der Waals surface area contributed by atoms with Crippen molar-refractivity contribution in [3.05, 3.63) is 59.9 Å². The van der Waals surface area contributed by atoms with Crippen LogP contribution in [-0.4, -0.2) is 43.5 Å². The number of ether oxygens (including phenoxy) is 1. The first-order valence-corrected chi connectivity index (χ1v) is 9.09. The van der Waals surface area contributed by atoms with Gasteiger partial charge in [-0.2, -0.15) is 0 Å². The topological polar surface area (TPSA) is 49.9 Å². The van der Waals surface area contributed by atoms with Crippen LogP contribution in [-0.2, 0) is 4.79 Å². The molecule has 6 heteroatoms. The van der Waals surface area contributed by atoms with Crippen LogP contribution in [0.3, 0.4) is 0 Å². The average molecular weight is 370 g/mol. The van der Waals surface area contributed by atoms with Gasteiger partial charge in [-0.05, 0) is 49.2 Å². The van der Waals surface area contributed by atoms with E-state index in [9.17, 15) is 14.0 Å². The number of halogens is 1. The smallest absolute Gasteiger partial charge is 0.253 e. The van der Waals surface area contributed by atoms with Crippen molar-refractivity contribution >= 4 is 17.5 Å². The summed E-state index contributed by atoms with van der Waals surface area (Å²) in [4.78, 5) is 27.8. The molecule has 5 nitrogen and oxygen atoms in total. The molecular formula is C21H23FN2O3. The maximum atomic E-state index is 13.5. The number of para-hydroxylation sites is 1. The SMILES string of the molecule is CN(CCOc1ccccc1F)C(=O)c1ccc(N2CCCCC2=O)cc1. The highest BCUT2D eigenvalue weighted by molar-refractivity contribution is 5.96. The molecule has 1 saturated heterocycles. The minimum Gasteiger partial charge on any atom is -0.489 e. The van der Waals surface area contributed by atoms with Gasteiger partial charge in [-0.1, -0.05) is 12.1 Å². The third-order valence-corrected chi connectivity index (χ3v) is 4.62. The highest BCUT2D eigenvalue weighted by Crippen LogP contribution is 2.21. The van der Waals surface area contributed by atoms with Crippen molar-refractivity contribution < 1.29 is 18.7 Å². The van der Waals surface area contributed by atoms with E-state index in [0.29, 0.717) is 18.5 Å². The lowest BCUT2D eigenvalue weighted by Crippen LogP contribution is -2.35. The van der Waals surface area contributed by atoms with Gasteiger partial charge in [0.1, 0.15) is 6.61 Å². The molecule has 1 aliphatic heterocycles. The number of carbonyl (C=O) groups is 2. The molecule has 0 bridgehead atoms. The fraction of sp³-hybridized carbons (Fsp3) is 0.333. The molecule has 3 rings (SSSR count). The van der Waals surface area contributed by atoms with Crippen molar-refractivity contribution in [3.8, 4) is 5.75 Å². The van der Waals surface area contributed by atoms with E-state index in [4.69, 9.17) is 4.74 Å². The number of rotatable bonds is 6. The molecule has 0 spiro atoms. The maximum absolute atomic E-state index is 13.5. The number of piperidine rings is 1. The lowest BCUT2D eigenvalue weighted by atomic mass is 10.1. The number of amides is 2. The van der Waals surface area contributed by atoms with Crippen LogP contribution in [0.5, 0.6) is 5.75 Å². The van der Waals surface area contributed by atoms with Crippen LogP contribution in [0, 0.1) is 5.82 Å². The van der Waals surface area contributed by atoms with Crippen molar-refractivity contribution in [2.45, 2.75) is 19.3 Å². The Hall–Kier alpha value is -2.89. The third-order valence-electron chi connectivity index (χ3n) is 4.62. The summed E-state index contributed by atoms with van der Waals surface area (Å²) < 4.78 is 18.9. The van der Waals surface area contributed by atoms with Crippen LogP contribution in [0.4, 0.5) is 10.1 Å². The van der Waals surface area contributed by atoms with E-state index < -0.39 is 5.82 Å². The van der Waals surface area contributed by atoms with Crippen molar-refractivity contribution in [3.63, 3.8) is 0 Å². The Bertz CT molecular complexity index is 807. The first-order valence-electron chi connectivity index (χ1n) is 9.09. The number of carbonyl (C=O) groups excluding carboxylic acids is 2. The zero-order valence-corrected chi connectivity index (χ0v) is 15.4. The summed E-state index contributed by atoms with van der Waals surface area (Å²) in [5, 5.41) is 0. The average Bonchev–Trinajstić information content (AvgIpc) is 2.69. The van der Waals surface area contributed by atoms with E-state index >= 15 is 0 Å². The van der Waals surface area contributed by atoms with Gasteiger partial charge >= 0.3 is 0 Å². The lowest BCUT2D eigenvalue weighted by Gasteiger charge is -2.27. The van der Waals surface area contributed by atoms with Gasteiger partial charge in [0, 0.05) is 31.3 Å². The Kier molecular flexibility index (Phi) is 6.06. The Morgan fingerprint density at radius 2 is 1.89 bits per heavy atom. The fourth-order valence-corrected chi connectivity index (χ4v) is 3.04. The molecule has 2 aromatic rings. The van der Waals surface area contributed by atoms with E-state index in [2.05, 4.69) is 0 Å². The molecule has 0 unspecified atom stereocenters.